The number of H-pyrrole nitrogens is 1. The molecule has 0 atom stereocenters. The van der Waals surface area contributed by atoms with E-state index in [0.717, 1.165) is 28.0 Å². The number of aromatic amines is 1. The lowest BCUT2D eigenvalue weighted by molar-refractivity contribution is 0.0743. The number of hydrogen-bond acceptors (Lipinski definition) is 2. The Morgan fingerprint density at radius 1 is 1.07 bits per heavy atom. The highest BCUT2D eigenvalue weighted by Crippen LogP contribution is 2.32. The zero-order valence-electron chi connectivity index (χ0n) is 16.3. The average Bonchev–Trinajstić information content (AvgIpc) is 3.40. The van der Waals surface area contributed by atoms with Gasteiger partial charge in [0.25, 0.3) is 5.91 Å². The molecule has 6 heteroatoms. The summed E-state index contributed by atoms with van der Waals surface area (Å²) in [5.41, 5.74) is 3.56. The highest BCUT2D eigenvalue weighted by molar-refractivity contribution is 5.98. The Balaban J connectivity index is 1.51. The minimum absolute atomic E-state index is 0.00923. The molecule has 4 heterocycles. The summed E-state index contributed by atoms with van der Waals surface area (Å²) in [7, 11) is 0. The molecule has 5 rings (SSSR count). The van der Waals surface area contributed by atoms with Gasteiger partial charge >= 0.3 is 0 Å². The van der Waals surface area contributed by atoms with Gasteiger partial charge in [-0.05, 0) is 45.0 Å². The van der Waals surface area contributed by atoms with Crippen molar-refractivity contribution in [2.24, 2.45) is 0 Å². The van der Waals surface area contributed by atoms with Crippen LogP contribution in [0, 0.1) is 0 Å². The highest BCUT2D eigenvalue weighted by Gasteiger charge is 2.34. The highest BCUT2D eigenvalue weighted by atomic mass is 16.2. The number of nitrogens with one attached hydrogen (secondary N) is 1. The first-order valence-electron chi connectivity index (χ1n) is 9.53. The van der Waals surface area contributed by atoms with Crippen molar-refractivity contribution in [2.45, 2.75) is 39.4 Å². The number of carbonyl (C=O) groups excluding carboxylic acids is 1. The molecule has 1 aliphatic rings. The van der Waals surface area contributed by atoms with Crippen LogP contribution in [0.5, 0.6) is 0 Å². The molecule has 142 valence electrons. The standard InChI is InChI=1S/C22H23N5O/c1-22(2,3)27-20(25-10-6-7-11-25)16-13-26(14-19(16)24-27)21(28)18-12-15-8-4-5-9-17(15)23-18/h4-12,23H,13-14H2,1-3H3. The van der Waals surface area contributed by atoms with Gasteiger partial charge in [0.1, 0.15) is 11.5 Å². The molecule has 4 aromatic rings. The van der Waals surface area contributed by atoms with Gasteiger partial charge in [-0.2, -0.15) is 5.10 Å². The molecular formula is C22H23N5O. The molecule has 0 aliphatic carbocycles. The van der Waals surface area contributed by atoms with E-state index in [1.165, 1.54) is 0 Å². The van der Waals surface area contributed by atoms with Gasteiger partial charge < -0.3 is 14.5 Å². The molecule has 1 aromatic carbocycles. The molecule has 0 spiro atoms. The third-order valence-electron chi connectivity index (χ3n) is 5.26. The second-order valence-electron chi connectivity index (χ2n) is 8.35. The van der Waals surface area contributed by atoms with E-state index in [1.54, 1.807) is 0 Å². The zero-order valence-corrected chi connectivity index (χ0v) is 16.3. The van der Waals surface area contributed by atoms with Crippen LogP contribution in [0.15, 0.2) is 54.9 Å². The number of para-hydroxylation sites is 1. The van der Waals surface area contributed by atoms with E-state index in [0.29, 0.717) is 18.8 Å². The minimum Gasteiger partial charge on any atom is -0.351 e. The van der Waals surface area contributed by atoms with Crippen LogP contribution >= 0.6 is 0 Å². The van der Waals surface area contributed by atoms with E-state index in [4.69, 9.17) is 5.10 Å². The monoisotopic (exact) mass is 373 g/mol. The van der Waals surface area contributed by atoms with Gasteiger partial charge in [0.15, 0.2) is 0 Å². The van der Waals surface area contributed by atoms with Gasteiger partial charge in [-0.3, -0.25) is 4.79 Å². The molecule has 6 nitrogen and oxygen atoms in total. The first kappa shape index (κ1) is 16.9. The Labute approximate surface area is 163 Å². The number of nitrogens with zero attached hydrogens (tertiary/aromatic N) is 4. The fraction of sp³-hybridized carbons (Fsp3) is 0.273. The lowest BCUT2D eigenvalue weighted by Gasteiger charge is -2.24. The van der Waals surface area contributed by atoms with Crippen LogP contribution < -0.4 is 0 Å². The predicted molar refractivity (Wildman–Crippen MR) is 108 cm³/mol. The summed E-state index contributed by atoms with van der Waals surface area (Å²) >= 11 is 0. The lowest BCUT2D eigenvalue weighted by atomic mass is 10.1. The number of amides is 1. The summed E-state index contributed by atoms with van der Waals surface area (Å²) < 4.78 is 4.16. The number of hydrogen-bond donors (Lipinski definition) is 1. The Morgan fingerprint density at radius 3 is 2.54 bits per heavy atom. The van der Waals surface area contributed by atoms with E-state index >= 15 is 0 Å². The second kappa shape index (κ2) is 5.86. The summed E-state index contributed by atoms with van der Waals surface area (Å²) in [5.74, 6) is 1.05. The SMILES string of the molecule is CC(C)(C)n1nc2c(c1-n1cccc1)CN(C(=O)c1cc3ccccc3[nH]1)C2. The first-order valence-corrected chi connectivity index (χ1v) is 9.53. The van der Waals surface area contributed by atoms with Crippen molar-refractivity contribution in [2.75, 3.05) is 0 Å². The Morgan fingerprint density at radius 2 is 1.82 bits per heavy atom. The van der Waals surface area contributed by atoms with E-state index in [1.807, 2.05) is 59.8 Å². The van der Waals surface area contributed by atoms with E-state index < -0.39 is 0 Å². The molecule has 1 amide bonds. The molecule has 0 saturated heterocycles. The largest absolute Gasteiger partial charge is 0.351 e. The summed E-state index contributed by atoms with van der Waals surface area (Å²) in [6.45, 7) is 7.54. The van der Waals surface area contributed by atoms with Crippen molar-refractivity contribution >= 4 is 16.8 Å². The number of fused-ring (bicyclic) bond motifs is 2. The van der Waals surface area contributed by atoms with E-state index in [9.17, 15) is 4.79 Å². The molecule has 0 unspecified atom stereocenters. The van der Waals surface area contributed by atoms with E-state index in [2.05, 4.69) is 35.0 Å². The van der Waals surface area contributed by atoms with Crippen molar-refractivity contribution in [3.63, 3.8) is 0 Å². The van der Waals surface area contributed by atoms with Crippen LogP contribution in [0.1, 0.15) is 42.5 Å². The van der Waals surface area contributed by atoms with Gasteiger partial charge in [0.05, 0.1) is 24.3 Å². The van der Waals surface area contributed by atoms with Crippen molar-refractivity contribution < 1.29 is 4.79 Å². The topological polar surface area (TPSA) is 58.9 Å². The summed E-state index contributed by atoms with van der Waals surface area (Å²) in [4.78, 5) is 18.2. The predicted octanol–water partition coefficient (Wildman–Crippen LogP) is 4.07. The maximum Gasteiger partial charge on any atom is 0.270 e. The Bertz CT molecular complexity index is 1140. The van der Waals surface area contributed by atoms with Crippen LogP contribution in [0.4, 0.5) is 0 Å². The fourth-order valence-electron chi connectivity index (χ4n) is 3.91. The summed E-state index contributed by atoms with van der Waals surface area (Å²) in [5, 5.41) is 5.93. The Kier molecular flexibility index (Phi) is 3.53. The third-order valence-corrected chi connectivity index (χ3v) is 5.26. The second-order valence-corrected chi connectivity index (χ2v) is 8.35. The van der Waals surface area contributed by atoms with Gasteiger partial charge in [-0.25, -0.2) is 4.68 Å². The molecule has 3 aromatic heterocycles. The number of aromatic nitrogens is 4. The average molecular weight is 373 g/mol. The molecule has 28 heavy (non-hydrogen) atoms. The van der Waals surface area contributed by atoms with Crippen molar-refractivity contribution in [1.29, 1.82) is 0 Å². The van der Waals surface area contributed by atoms with Crippen molar-refractivity contribution in [3.8, 4) is 5.82 Å². The zero-order chi connectivity index (χ0) is 19.5. The molecule has 0 saturated carbocycles. The molecule has 0 radical (unpaired) electrons. The maximum atomic E-state index is 13.1. The van der Waals surface area contributed by atoms with Gasteiger partial charge in [-0.15, -0.1) is 0 Å². The van der Waals surface area contributed by atoms with Gasteiger partial charge in [0, 0.05) is 28.9 Å². The quantitative estimate of drug-likeness (QED) is 0.576. The van der Waals surface area contributed by atoms with Crippen LogP contribution in [0.2, 0.25) is 0 Å². The molecule has 0 fully saturated rings. The smallest absolute Gasteiger partial charge is 0.270 e. The molecule has 1 N–H and O–H groups in total. The number of benzene rings is 1. The Hall–Kier alpha value is -3.28. The van der Waals surface area contributed by atoms with Crippen LogP contribution in [-0.4, -0.2) is 30.1 Å². The van der Waals surface area contributed by atoms with Crippen LogP contribution in [-0.2, 0) is 18.6 Å². The van der Waals surface area contributed by atoms with Crippen molar-refractivity contribution in [3.05, 3.63) is 71.8 Å². The van der Waals surface area contributed by atoms with E-state index in [-0.39, 0.29) is 11.4 Å². The summed E-state index contributed by atoms with van der Waals surface area (Å²) in [6.07, 6.45) is 4.06. The third kappa shape index (κ3) is 2.56. The molecule has 0 bridgehead atoms. The van der Waals surface area contributed by atoms with Crippen molar-refractivity contribution in [1.82, 2.24) is 24.2 Å². The fourth-order valence-corrected chi connectivity index (χ4v) is 3.91. The maximum absolute atomic E-state index is 13.1. The lowest BCUT2D eigenvalue weighted by Crippen LogP contribution is -2.29. The summed E-state index contributed by atoms with van der Waals surface area (Å²) in [6, 6.07) is 13.9. The molecule has 1 aliphatic heterocycles. The van der Waals surface area contributed by atoms with Gasteiger partial charge in [-0.1, -0.05) is 18.2 Å². The number of carbonyl (C=O) groups is 1. The van der Waals surface area contributed by atoms with Crippen LogP contribution in [0.25, 0.3) is 16.7 Å². The minimum atomic E-state index is -0.143. The normalized spacial score (nSPS) is 14.0. The number of rotatable bonds is 2. The molecular weight excluding hydrogens is 350 g/mol. The first-order chi connectivity index (χ1) is 13.4. The van der Waals surface area contributed by atoms with Crippen LogP contribution in [0.3, 0.4) is 0 Å². The van der Waals surface area contributed by atoms with Gasteiger partial charge in [0.2, 0.25) is 0 Å².